The highest BCUT2D eigenvalue weighted by Gasteiger charge is 2.20. The van der Waals surface area contributed by atoms with E-state index in [1.807, 2.05) is 0 Å². The summed E-state index contributed by atoms with van der Waals surface area (Å²) in [6, 6.07) is 4.59. The van der Waals surface area contributed by atoms with Crippen molar-refractivity contribution in [2.24, 2.45) is 10.4 Å². The van der Waals surface area contributed by atoms with Gasteiger partial charge in [-0.2, -0.15) is 0 Å². The van der Waals surface area contributed by atoms with E-state index in [1.165, 1.54) is 12.1 Å². The molecule has 0 amide bonds. The number of halogens is 2. The largest absolute Gasteiger partial charge is 0.357 e. The van der Waals surface area contributed by atoms with Gasteiger partial charge in [-0.05, 0) is 42.8 Å². The van der Waals surface area contributed by atoms with Crippen molar-refractivity contribution in [2.45, 2.75) is 27.7 Å². The van der Waals surface area contributed by atoms with E-state index in [4.69, 9.17) is 11.6 Å². The van der Waals surface area contributed by atoms with E-state index in [0.29, 0.717) is 33.5 Å². The van der Waals surface area contributed by atoms with Crippen LogP contribution < -0.4 is 5.32 Å². The molecule has 0 aliphatic rings. The van der Waals surface area contributed by atoms with E-state index >= 15 is 0 Å². The molecule has 1 heterocycles. The normalized spacial score (nSPS) is 12.6. The van der Waals surface area contributed by atoms with Crippen molar-refractivity contribution in [3.8, 4) is 0 Å². The SMILES string of the molecule is C=N/C(=C(\SCC(C)(C)C)c1ccnc(NC)n1)c1cc(F)cc(C)c1Cl. The molecule has 0 saturated carbocycles. The molecule has 1 N–H and O–H groups in total. The first-order valence-electron chi connectivity index (χ1n) is 8.47. The lowest BCUT2D eigenvalue weighted by Crippen LogP contribution is -2.09. The van der Waals surface area contributed by atoms with Gasteiger partial charge in [0, 0.05) is 24.6 Å². The van der Waals surface area contributed by atoms with Gasteiger partial charge < -0.3 is 5.32 Å². The summed E-state index contributed by atoms with van der Waals surface area (Å²) in [5.41, 5.74) is 2.42. The van der Waals surface area contributed by atoms with E-state index in [0.717, 1.165) is 10.7 Å². The number of hydrogen-bond donors (Lipinski definition) is 1. The molecule has 1 aromatic heterocycles. The topological polar surface area (TPSA) is 50.2 Å². The fraction of sp³-hybridized carbons (Fsp3) is 0.350. The van der Waals surface area contributed by atoms with Gasteiger partial charge in [0.1, 0.15) is 5.82 Å². The summed E-state index contributed by atoms with van der Waals surface area (Å²) in [7, 11) is 1.75. The van der Waals surface area contributed by atoms with Crippen molar-refractivity contribution in [1.29, 1.82) is 0 Å². The van der Waals surface area contributed by atoms with Gasteiger partial charge in [0.25, 0.3) is 0 Å². The monoisotopic (exact) mass is 406 g/mol. The molecule has 0 atom stereocenters. The van der Waals surface area contributed by atoms with Gasteiger partial charge in [0.15, 0.2) is 0 Å². The van der Waals surface area contributed by atoms with Crippen LogP contribution in [-0.2, 0) is 0 Å². The van der Waals surface area contributed by atoms with Gasteiger partial charge in [0.05, 0.1) is 21.3 Å². The molecule has 2 rings (SSSR count). The van der Waals surface area contributed by atoms with E-state index in [2.05, 4.69) is 47.8 Å². The molecule has 27 heavy (non-hydrogen) atoms. The summed E-state index contributed by atoms with van der Waals surface area (Å²) in [6.45, 7) is 11.9. The molecule has 0 aliphatic heterocycles. The molecule has 0 fully saturated rings. The van der Waals surface area contributed by atoms with Crippen LogP contribution in [0.15, 0.2) is 29.4 Å². The Morgan fingerprint density at radius 3 is 2.67 bits per heavy atom. The van der Waals surface area contributed by atoms with Gasteiger partial charge in [-0.3, -0.25) is 4.99 Å². The average molecular weight is 407 g/mol. The number of nitrogens with one attached hydrogen (secondary N) is 1. The second-order valence-corrected chi connectivity index (χ2v) is 8.65. The Morgan fingerprint density at radius 1 is 1.37 bits per heavy atom. The van der Waals surface area contributed by atoms with Gasteiger partial charge in [-0.25, -0.2) is 14.4 Å². The number of nitrogens with zero attached hydrogens (tertiary/aromatic N) is 3. The van der Waals surface area contributed by atoms with Crippen molar-refractivity contribution in [3.63, 3.8) is 0 Å². The third-order valence-corrected chi connectivity index (χ3v) is 5.81. The number of hydrogen-bond acceptors (Lipinski definition) is 5. The third-order valence-electron chi connectivity index (χ3n) is 3.61. The minimum Gasteiger partial charge on any atom is -0.357 e. The average Bonchev–Trinajstić information content (AvgIpc) is 2.61. The van der Waals surface area contributed by atoms with Gasteiger partial charge in [-0.15, -0.1) is 11.8 Å². The van der Waals surface area contributed by atoms with Crippen molar-refractivity contribution in [1.82, 2.24) is 9.97 Å². The maximum atomic E-state index is 14.1. The number of thioether (sulfide) groups is 1. The fourth-order valence-electron chi connectivity index (χ4n) is 2.34. The summed E-state index contributed by atoms with van der Waals surface area (Å²) >= 11 is 8.07. The van der Waals surface area contributed by atoms with Crippen LogP contribution >= 0.6 is 23.4 Å². The number of aryl methyl sites for hydroxylation is 1. The summed E-state index contributed by atoms with van der Waals surface area (Å²) in [5, 5.41) is 3.39. The minimum absolute atomic E-state index is 0.0721. The summed E-state index contributed by atoms with van der Waals surface area (Å²) in [4.78, 5) is 13.7. The van der Waals surface area contributed by atoms with E-state index in [1.54, 1.807) is 38.0 Å². The molecule has 0 saturated heterocycles. The van der Waals surface area contributed by atoms with Crippen molar-refractivity contribution >= 4 is 46.6 Å². The van der Waals surface area contributed by atoms with Crippen LogP contribution in [0.3, 0.4) is 0 Å². The molecule has 2 aromatic rings. The highest BCUT2D eigenvalue weighted by Crippen LogP contribution is 2.41. The molecule has 7 heteroatoms. The van der Waals surface area contributed by atoms with Crippen LogP contribution in [0.2, 0.25) is 5.02 Å². The highest BCUT2D eigenvalue weighted by molar-refractivity contribution is 8.08. The van der Waals surface area contributed by atoms with E-state index in [9.17, 15) is 4.39 Å². The zero-order valence-corrected chi connectivity index (χ0v) is 17.8. The van der Waals surface area contributed by atoms with Gasteiger partial charge in [0.2, 0.25) is 5.95 Å². The molecule has 1 aromatic carbocycles. The Bertz CT molecular complexity index is 875. The Morgan fingerprint density at radius 2 is 2.07 bits per heavy atom. The number of aromatic nitrogens is 2. The number of anilines is 1. The Kier molecular flexibility index (Phi) is 7.00. The zero-order chi connectivity index (χ0) is 20.2. The molecule has 0 spiro atoms. The lowest BCUT2D eigenvalue weighted by molar-refractivity contribution is 0.481. The summed E-state index contributed by atoms with van der Waals surface area (Å²) < 4.78 is 14.1. The van der Waals surface area contributed by atoms with Crippen LogP contribution in [0.25, 0.3) is 10.6 Å². The second-order valence-electron chi connectivity index (χ2n) is 7.28. The molecule has 0 unspecified atom stereocenters. The maximum Gasteiger partial charge on any atom is 0.222 e. The van der Waals surface area contributed by atoms with E-state index < -0.39 is 0 Å². The Hall–Kier alpha value is -1.92. The molecule has 0 bridgehead atoms. The van der Waals surface area contributed by atoms with Crippen LogP contribution in [0.4, 0.5) is 10.3 Å². The molecule has 0 aliphatic carbocycles. The summed E-state index contributed by atoms with van der Waals surface area (Å²) in [6.07, 6.45) is 1.67. The maximum absolute atomic E-state index is 14.1. The second kappa shape index (κ2) is 8.85. The van der Waals surface area contributed by atoms with Crippen LogP contribution in [0.1, 0.15) is 37.6 Å². The van der Waals surface area contributed by atoms with Gasteiger partial charge in [-0.1, -0.05) is 32.4 Å². The number of aliphatic imine (C=N–C) groups is 1. The number of rotatable bonds is 6. The first-order valence-corrected chi connectivity index (χ1v) is 9.83. The number of benzene rings is 1. The van der Waals surface area contributed by atoms with Crippen molar-refractivity contribution in [2.75, 3.05) is 18.1 Å². The van der Waals surface area contributed by atoms with Crippen molar-refractivity contribution < 1.29 is 4.39 Å². The minimum atomic E-state index is -0.369. The molecule has 144 valence electrons. The predicted molar refractivity (Wildman–Crippen MR) is 116 cm³/mol. The lowest BCUT2D eigenvalue weighted by Gasteiger charge is -2.20. The van der Waals surface area contributed by atoms with Crippen LogP contribution in [0, 0.1) is 18.2 Å². The van der Waals surface area contributed by atoms with Gasteiger partial charge >= 0.3 is 0 Å². The highest BCUT2D eigenvalue weighted by atomic mass is 35.5. The van der Waals surface area contributed by atoms with Crippen molar-refractivity contribution in [3.05, 3.63) is 52.1 Å². The lowest BCUT2D eigenvalue weighted by atomic mass is 10.0. The molecular formula is C20H24ClFN4S. The van der Waals surface area contributed by atoms with E-state index in [-0.39, 0.29) is 11.2 Å². The zero-order valence-electron chi connectivity index (χ0n) is 16.2. The smallest absolute Gasteiger partial charge is 0.222 e. The predicted octanol–water partition coefficient (Wildman–Crippen LogP) is 5.92. The quantitative estimate of drug-likeness (QED) is 0.604. The fourth-order valence-corrected chi connectivity index (χ4v) is 3.68. The third kappa shape index (κ3) is 5.53. The molecule has 4 nitrogen and oxygen atoms in total. The summed E-state index contributed by atoms with van der Waals surface area (Å²) in [5.74, 6) is 0.935. The van der Waals surface area contributed by atoms with Crippen LogP contribution in [0.5, 0.6) is 0 Å². The first-order chi connectivity index (χ1) is 12.7. The van der Waals surface area contributed by atoms with Crippen LogP contribution in [-0.4, -0.2) is 29.5 Å². The molecule has 0 radical (unpaired) electrons. The first kappa shape index (κ1) is 21.4. The molecular weight excluding hydrogens is 383 g/mol. The Labute approximate surface area is 169 Å². The Balaban J connectivity index is 2.72. The standard InChI is InChI=1S/C20H24ClFN4S/c1-12-9-13(22)10-14(16(12)21)17(23-5)18(27-11-20(2,3)4)15-7-8-25-19(24-6)26-15/h7-10H,5,11H2,1-4,6H3,(H,24,25,26)/b18-17-.